The summed E-state index contributed by atoms with van der Waals surface area (Å²) in [7, 11) is 0. The van der Waals surface area contributed by atoms with Crippen LogP contribution in [0.3, 0.4) is 0 Å². The van der Waals surface area contributed by atoms with Gasteiger partial charge in [-0.05, 0) is 6.07 Å². The summed E-state index contributed by atoms with van der Waals surface area (Å²) < 4.78 is 0. The highest BCUT2D eigenvalue weighted by Gasteiger charge is 2.33. The number of thiol groups is 3. The maximum atomic E-state index is 11.6. The molecule has 0 saturated carbocycles. The van der Waals surface area contributed by atoms with E-state index in [1.165, 1.54) is 6.07 Å². The van der Waals surface area contributed by atoms with E-state index in [1.54, 1.807) is 0 Å². The molecule has 16 heavy (non-hydrogen) atoms. The number of nitrogens with one attached hydrogen (secondary N) is 1. The van der Waals surface area contributed by atoms with E-state index in [9.17, 15) is 14.4 Å². The van der Waals surface area contributed by atoms with Gasteiger partial charge in [-0.15, -0.1) is 37.9 Å². The van der Waals surface area contributed by atoms with Crippen LogP contribution in [0.25, 0.3) is 0 Å². The molecule has 0 radical (unpaired) electrons. The SMILES string of the molecule is O=C1NC(=O)c2cc(S)c(S)c(S)c2C1=O. The van der Waals surface area contributed by atoms with E-state index in [-0.39, 0.29) is 16.0 Å². The van der Waals surface area contributed by atoms with Crippen LogP contribution < -0.4 is 5.32 Å². The average molecular weight is 271 g/mol. The van der Waals surface area contributed by atoms with Crippen LogP contribution in [0.2, 0.25) is 0 Å². The number of ketones is 1. The molecule has 1 aromatic rings. The zero-order valence-corrected chi connectivity index (χ0v) is 10.3. The number of rotatable bonds is 0. The monoisotopic (exact) mass is 271 g/mol. The van der Waals surface area contributed by atoms with Gasteiger partial charge in [-0.3, -0.25) is 19.7 Å². The maximum Gasteiger partial charge on any atom is 0.299 e. The first-order chi connectivity index (χ1) is 7.43. The summed E-state index contributed by atoms with van der Waals surface area (Å²) in [6.45, 7) is 0. The van der Waals surface area contributed by atoms with E-state index >= 15 is 0 Å². The third-order valence-electron chi connectivity index (χ3n) is 2.16. The molecule has 1 aromatic carbocycles. The summed E-state index contributed by atoms with van der Waals surface area (Å²) in [6, 6.07) is 1.39. The van der Waals surface area contributed by atoms with Crippen molar-refractivity contribution in [1.29, 1.82) is 0 Å². The molecule has 0 aliphatic carbocycles. The highest BCUT2D eigenvalue weighted by atomic mass is 32.1. The number of imide groups is 1. The minimum absolute atomic E-state index is 0.0140. The van der Waals surface area contributed by atoms with Gasteiger partial charge in [-0.1, -0.05) is 0 Å². The largest absolute Gasteiger partial charge is 0.299 e. The second kappa shape index (κ2) is 3.83. The number of benzene rings is 1. The van der Waals surface area contributed by atoms with Gasteiger partial charge in [0.05, 0.1) is 11.1 Å². The molecular formula is C9H5NO3S3. The summed E-state index contributed by atoms with van der Waals surface area (Å²) in [5.74, 6) is -2.37. The Kier molecular flexibility index (Phi) is 2.77. The molecule has 1 N–H and O–H groups in total. The number of fused-ring (bicyclic) bond motifs is 1. The minimum atomic E-state index is -0.951. The predicted molar refractivity (Wildman–Crippen MR) is 65.0 cm³/mol. The number of amides is 2. The lowest BCUT2D eigenvalue weighted by molar-refractivity contribution is -0.116. The molecule has 2 rings (SSSR count). The lowest BCUT2D eigenvalue weighted by Crippen LogP contribution is -2.42. The van der Waals surface area contributed by atoms with Crippen molar-refractivity contribution in [2.75, 3.05) is 0 Å². The quantitative estimate of drug-likeness (QED) is 0.323. The van der Waals surface area contributed by atoms with E-state index in [2.05, 4.69) is 37.9 Å². The van der Waals surface area contributed by atoms with Crippen molar-refractivity contribution < 1.29 is 14.4 Å². The first-order valence-electron chi connectivity index (χ1n) is 4.11. The van der Waals surface area contributed by atoms with Crippen LogP contribution in [0.5, 0.6) is 0 Å². The van der Waals surface area contributed by atoms with Crippen LogP contribution in [0.4, 0.5) is 0 Å². The van der Waals surface area contributed by atoms with Crippen molar-refractivity contribution >= 4 is 55.5 Å². The van der Waals surface area contributed by atoms with Crippen molar-refractivity contribution in [2.45, 2.75) is 14.7 Å². The van der Waals surface area contributed by atoms with Crippen LogP contribution in [-0.2, 0) is 4.79 Å². The summed E-state index contributed by atoms with van der Waals surface area (Å²) in [5, 5.41) is 1.94. The van der Waals surface area contributed by atoms with Crippen molar-refractivity contribution in [3.8, 4) is 0 Å². The zero-order valence-electron chi connectivity index (χ0n) is 7.64. The second-order valence-corrected chi connectivity index (χ2v) is 4.50. The van der Waals surface area contributed by atoms with E-state index < -0.39 is 17.6 Å². The maximum absolute atomic E-state index is 11.6. The molecule has 4 nitrogen and oxygen atoms in total. The van der Waals surface area contributed by atoms with Gasteiger partial charge in [0.15, 0.2) is 0 Å². The molecule has 0 aromatic heterocycles. The molecule has 7 heteroatoms. The molecule has 0 spiro atoms. The molecular weight excluding hydrogens is 266 g/mol. The molecule has 0 unspecified atom stereocenters. The fourth-order valence-electron chi connectivity index (χ4n) is 1.39. The number of carbonyl (C=O) groups is 3. The van der Waals surface area contributed by atoms with Crippen molar-refractivity contribution in [1.82, 2.24) is 5.32 Å². The van der Waals surface area contributed by atoms with Crippen LogP contribution >= 0.6 is 37.9 Å². The fourth-order valence-corrected chi connectivity index (χ4v) is 2.24. The van der Waals surface area contributed by atoms with Gasteiger partial charge in [-0.25, -0.2) is 0 Å². The predicted octanol–water partition coefficient (Wildman–Crippen LogP) is 1.01. The summed E-state index contributed by atoms with van der Waals surface area (Å²) in [6.07, 6.45) is 0. The van der Waals surface area contributed by atoms with Gasteiger partial charge in [0, 0.05) is 14.7 Å². The van der Waals surface area contributed by atoms with Gasteiger partial charge in [0.1, 0.15) is 0 Å². The Morgan fingerprint density at radius 3 is 2.19 bits per heavy atom. The number of hydrogen-bond donors (Lipinski definition) is 4. The molecule has 1 heterocycles. The first kappa shape index (κ1) is 11.6. The Labute approximate surface area is 107 Å². The van der Waals surface area contributed by atoms with Gasteiger partial charge < -0.3 is 0 Å². The lowest BCUT2D eigenvalue weighted by atomic mass is 9.98. The van der Waals surface area contributed by atoms with Gasteiger partial charge in [-0.2, -0.15) is 0 Å². The van der Waals surface area contributed by atoms with E-state index in [1.807, 2.05) is 5.32 Å². The van der Waals surface area contributed by atoms with Crippen molar-refractivity contribution in [3.05, 3.63) is 17.2 Å². The molecule has 0 bridgehead atoms. The Balaban J connectivity index is 2.83. The summed E-state index contributed by atoms with van der Waals surface area (Å²) >= 11 is 12.3. The van der Waals surface area contributed by atoms with Crippen LogP contribution in [0, 0.1) is 0 Å². The number of carbonyl (C=O) groups excluding carboxylic acids is 3. The zero-order chi connectivity index (χ0) is 12.0. The molecule has 0 fully saturated rings. The highest BCUT2D eigenvalue weighted by Crippen LogP contribution is 2.33. The van der Waals surface area contributed by atoms with E-state index in [4.69, 9.17) is 0 Å². The van der Waals surface area contributed by atoms with Gasteiger partial charge in [0.25, 0.3) is 17.6 Å². The van der Waals surface area contributed by atoms with Crippen LogP contribution in [0.1, 0.15) is 20.7 Å². The molecule has 0 atom stereocenters. The topological polar surface area (TPSA) is 63.2 Å². The highest BCUT2D eigenvalue weighted by molar-refractivity contribution is 7.85. The summed E-state index contributed by atoms with van der Waals surface area (Å²) in [5.41, 5.74) is 0.0808. The smallest absolute Gasteiger partial charge is 0.285 e. The Hall–Kier alpha value is -0.920. The number of hydrogen-bond acceptors (Lipinski definition) is 6. The lowest BCUT2D eigenvalue weighted by Gasteiger charge is -2.17. The molecule has 0 saturated heterocycles. The first-order valence-corrected chi connectivity index (χ1v) is 5.45. The standard InChI is InChI=1S/C9H5NO3S3/c11-5-4-2(8(12)10-9(5)13)1-3(14)6(15)7(4)16/h1,14-16H,(H,10,12,13). The number of Topliss-reactive ketones (excluding diaryl/α,β-unsaturated/α-hetero) is 1. The molecule has 82 valence electrons. The third-order valence-corrected chi connectivity index (χ3v) is 3.78. The summed E-state index contributed by atoms with van der Waals surface area (Å²) in [4.78, 5) is 35.2. The van der Waals surface area contributed by atoms with Gasteiger partial charge in [0.2, 0.25) is 0 Å². The Morgan fingerprint density at radius 2 is 1.56 bits per heavy atom. The van der Waals surface area contributed by atoms with E-state index in [0.29, 0.717) is 9.79 Å². The molecule has 1 aliphatic heterocycles. The molecule has 1 aliphatic rings. The van der Waals surface area contributed by atoms with Crippen molar-refractivity contribution in [2.24, 2.45) is 0 Å². The fraction of sp³-hybridized carbons (Fsp3) is 0. The van der Waals surface area contributed by atoms with E-state index in [0.717, 1.165) is 0 Å². The normalized spacial score (nSPS) is 14.8. The third kappa shape index (κ3) is 1.55. The van der Waals surface area contributed by atoms with Gasteiger partial charge >= 0.3 is 0 Å². The Morgan fingerprint density at radius 1 is 0.938 bits per heavy atom. The Bertz CT molecular complexity index is 553. The second-order valence-electron chi connectivity index (χ2n) is 3.13. The molecule has 2 amide bonds. The van der Waals surface area contributed by atoms with Crippen LogP contribution in [0.15, 0.2) is 20.8 Å². The van der Waals surface area contributed by atoms with Crippen molar-refractivity contribution in [3.63, 3.8) is 0 Å². The average Bonchev–Trinajstić information content (AvgIpc) is 2.22. The van der Waals surface area contributed by atoms with Crippen LogP contribution in [-0.4, -0.2) is 17.6 Å². The minimum Gasteiger partial charge on any atom is -0.285 e.